The maximum absolute atomic E-state index is 12.6. The van der Waals surface area contributed by atoms with Gasteiger partial charge in [0.1, 0.15) is 5.82 Å². The van der Waals surface area contributed by atoms with Crippen molar-refractivity contribution in [2.24, 2.45) is 0 Å². The van der Waals surface area contributed by atoms with Gasteiger partial charge in [-0.15, -0.1) is 0 Å². The Kier molecular flexibility index (Phi) is 4.09. The van der Waals surface area contributed by atoms with Gasteiger partial charge in [0.05, 0.1) is 0 Å². The van der Waals surface area contributed by atoms with Crippen molar-refractivity contribution in [3.05, 3.63) is 30.1 Å². The van der Waals surface area contributed by atoms with Crippen LogP contribution >= 0.6 is 0 Å². The van der Waals surface area contributed by atoms with Crippen molar-refractivity contribution in [3.63, 3.8) is 0 Å². The van der Waals surface area contributed by atoms with Gasteiger partial charge in [0.25, 0.3) is 0 Å². The molecule has 2 N–H and O–H groups in total. The van der Waals surface area contributed by atoms with E-state index in [1.54, 1.807) is 12.1 Å². The van der Waals surface area contributed by atoms with Gasteiger partial charge < -0.3 is 10.4 Å². The molecule has 0 aliphatic rings. The van der Waals surface area contributed by atoms with Crippen molar-refractivity contribution in [2.45, 2.75) is 25.8 Å². The van der Waals surface area contributed by atoms with Crippen molar-refractivity contribution in [2.75, 3.05) is 5.32 Å². The minimum absolute atomic E-state index is 0.0616. The smallest absolute Gasteiger partial charge is 0.303 e. The van der Waals surface area contributed by atoms with Crippen LogP contribution in [-0.4, -0.2) is 17.1 Å². The Hall–Kier alpha value is -1.58. The molecule has 0 aliphatic heterocycles. The fourth-order valence-corrected chi connectivity index (χ4v) is 1.24. The summed E-state index contributed by atoms with van der Waals surface area (Å²) in [6.45, 7) is 1.90. The molecule has 0 radical (unpaired) electrons. The topological polar surface area (TPSA) is 49.3 Å². The second-order valence-electron chi connectivity index (χ2n) is 3.48. The van der Waals surface area contributed by atoms with Crippen LogP contribution in [0.3, 0.4) is 0 Å². The van der Waals surface area contributed by atoms with E-state index in [9.17, 15) is 9.18 Å². The third-order valence-electron chi connectivity index (χ3n) is 2.05. The summed E-state index contributed by atoms with van der Waals surface area (Å²) in [5.74, 6) is -1.08. The van der Waals surface area contributed by atoms with Gasteiger partial charge in [-0.25, -0.2) is 4.39 Å². The molecular formula is C11H14FNO2. The lowest BCUT2D eigenvalue weighted by molar-refractivity contribution is -0.137. The zero-order valence-electron chi connectivity index (χ0n) is 8.53. The Morgan fingerprint density at radius 3 is 2.60 bits per heavy atom. The molecule has 0 heterocycles. The number of rotatable bonds is 5. The van der Waals surface area contributed by atoms with Crippen molar-refractivity contribution in [1.82, 2.24) is 0 Å². The highest BCUT2D eigenvalue weighted by molar-refractivity contribution is 5.66. The summed E-state index contributed by atoms with van der Waals surface area (Å²) in [6, 6.07) is 6.06. The summed E-state index contributed by atoms with van der Waals surface area (Å²) < 4.78 is 12.6. The number of hydrogen-bond acceptors (Lipinski definition) is 2. The number of benzene rings is 1. The molecular weight excluding hydrogens is 197 g/mol. The van der Waals surface area contributed by atoms with Crippen LogP contribution in [0.4, 0.5) is 10.1 Å². The molecule has 1 rings (SSSR count). The Morgan fingerprint density at radius 2 is 2.07 bits per heavy atom. The summed E-state index contributed by atoms with van der Waals surface area (Å²) >= 11 is 0. The van der Waals surface area contributed by atoms with Crippen LogP contribution in [0.5, 0.6) is 0 Å². The molecule has 0 amide bonds. The number of nitrogens with one attached hydrogen (secondary N) is 1. The minimum Gasteiger partial charge on any atom is -0.481 e. The van der Waals surface area contributed by atoms with E-state index in [4.69, 9.17) is 5.11 Å². The van der Waals surface area contributed by atoms with Gasteiger partial charge in [-0.2, -0.15) is 0 Å². The number of hydrogen-bond donors (Lipinski definition) is 2. The van der Waals surface area contributed by atoms with Crippen LogP contribution < -0.4 is 5.32 Å². The first kappa shape index (κ1) is 11.5. The number of aliphatic carboxylic acids is 1. The molecule has 0 spiro atoms. The number of halogens is 1. The zero-order valence-corrected chi connectivity index (χ0v) is 8.53. The Balaban J connectivity index is 2.40. The first-order valence-electron chi connectivity index (χ1n) is 4.82. The predicted octanol–water partition coefficient (Wildman–Crippen LogP) is 2.49. The first-order valence-corrected chi connectivity index (χ1v) is 4.82. The Morgan fingerprint density at radius 1 is 1.47 bits per heavy atom. The second kappa shape index (κ2) is 5.34. The van der Waals surface area contributed by atoms with E-state index in [0.29, 0.717) is 6.42 Å². The summed E-state index contributed by atoms with van der Waals surface area (Å²) in [6.07, 6.45) is 0.683. The van der Waals surface area contributed by atoms with Gasteiger partial charge >= 0.3 is 5.97 Å². The molecule has 1 aromatic carbocycles. The van der Waals surface area contributed by atoms with Gasteiger partial charge in [0, 0.05) is 18.2 Å². The van der Waals surface area contributed by atoms with Crippen LogP contribution in [0.1, 0.15) is 19.8 Å². The molecule has 1 unspecified atom stereocenters. The van der Waals surface area contributed by atoms with Crippen molar-refractivity contribution in [3.8, 4) is 0 Å². The van der Waals surface area contributed by atoms with Gasteiger partial charge in [-0.1, -0.05) is 0 Å². The van der Waals surface area contributed by atoms with Gasteiger partial charge in [-0.3, -0.25) is 4.79 Å². The normalized spacial score (nSPS) is 12.1. The van der Waals surface area contributed by atoms with Crippen molar-refractivity contribution in [1.29, 1.82) is 0 Å². The predicted molar refractivity (Wildman–Crippen MR) is 56.4 cm³/mol. The van der Waals surface area contributed by atoms with Gasteiger partial charge in [0.15, 0.2) is 0 Å². The maximum Gasteiger partial charge on any atom is 0.303 e. The van der Waals surface area contributed by atoms with Crippen LogP contribution in [0.2, 0.25) is 0 Å². The molecule has 15 heavy (non-hydrogen) atoms. The highest BCUT2D eigenvalue weighted by Gasteiger charge is 2.04. The van der Waals surface area contributed by atoms with Gasteiger partial charge in [0.2, 0.25) is 0 Å². The molecule has 3 nitrogen and oxygen atoms in total. The number of anilines is 1. The molecule has 0 saturated carbocycles. The zero-order chi connectivity index (χ0) is 11.3. The number of carbonyl (C=O) groups is 1. The molecule has 1 atom stereocenters. The second-order valence-corrected chi connectivity index (χ2v) is 3.48. The molecule has 0 aliphatic carbocycles. The number of carboxylic acids is 1. The fourth-order valence-electron chi connectivity index (χ4n) is 1.24. The van der Waals surface area contributed by atoms with E-state index >= 15 is 0 Å². The van der Waals surface area contributed by atoms with E-state index in [1.165, 1.54) is 12.1 Å². The largest absolute Gasteiger partial charge is 0.481 e. The van der Waals surface area contributed by atoms with E-state index < -0.39 is 5.97 Å². The maximum atomic E-state index is 12.6. The minimum atomic E-state index is -0.803. The third kappa shape index (κ3) is 4.44. The van der Waals surface area contributed by atoms with E-state index in [0.717, 1.165) is 5.69 Å². The van der Waals surface area contributed by atoms with Crippen LogP contribution in [0, 0.1) is 5.82 Å². The molecule has 0 fully saturated rings. The average molecular weight is 211 g/mol. The average Bonchev–Trinajstić information content (AvgIpc) is 2.19. The molecule has 0 bridgehead atoms. The van der Waals surface area contributed by atoms with Crippen molar-refractivity contribution < 1.29 is 14.3 Å². The van der Waals surface area contributed by atoms with Crippen LogP contribution in [-0.2, 0) is 4.79 Å². The highest BCUT2D eigenvalue weighted by Crippen LogP contribution is 2.11. The van der Waals surface area contributed by atoms with Gasteiger partial charge in [-0.05, 0) is 37.6 Å². The number of carboxylic acid groups (broad SMARTS) is 1. The summed E-state index contributed by atoms with van der Waals surface area (Å²) in [4.78, 5) is 10.3. The molecule has 0 aromatic heterocycles. The summed E-state index contributed by atoms with van der Waals surface area (Å²) in [5.41, 5.74) is 0.800. The SMILES string of the molecule is CC(CCC(=O)O)Nc1ccc(F)cc1. The van der Waals surface area contributed by atoms with E-state index in [-0.39, 0.29) is 18.3 Å². The Labute approximate surface area is 87.9 Å². The van der Waals surface area contributed by atoms with Crippen LogP contribution in [0.15, 0.2) is 24.3 Å². The van der Waals surface area contributed by atoms with Crippen molar-refractivity contribution >= 4 is 11.7 Å². The molecule has 1 aromatic rings. The highest BCUT2D eigenvalue weighted by atomic mass is 19.1. The Bertz CT molecular complexity index is 324. The third-order valence-corrected chi connectivity index (χ3v) is 2.05. The van der Waals surface area contributed by atoms with E-state index in [1.807, 2.05) is 6.92 Å². The molecule has 82 valence electrons. The molecule has 4 heteroatoms. The molecule has 0 saturated heterocycles. The lowest BCUT2D eigenvalue weighted by atomic mass is 10.1. The fraction of sp³-hybridized carbons (Fsp3) is 0.364. The standard InChI is InChI=1S/C11H14FNO2/c1-8(2-7-11(14)15)13-10-5-3-9(12)4-6-10/h3-6,8,13H,2,7H2,1H3,(H,14,15). The summed E-state index contributed by atoms with van der Waals surface area (Å²) in [5, 5.41) is 11.6. The summed E-state index contributed by atoms with van der Waals surface area (Å²) in [7, 11) is 0. The first-order chi connectivity index (χ1) is 7.08. The van der Waals surface area contributed by atoms with E-state index in [2.05, 4.69) is 5.32 Å². The monoisotopic (exact) mass is 211 g/mol. The lowest BCUT2D eigenvalue weighted by Crippen LogP contribution is -2.16. The lowest BCUT2D eigenvalue weighted by Gasteiger charge is -2.13. The quantitative estimate of drug-likeness (QED) is 0.786. The van der Waals surface area contributed by atoms with Crippen LogP contribution in [0.25, 0.3) is 0 Å².